The number of benzene rings is 2. The standard InChI is InChI=1S/C35H35Cl3N6O3/c1-47-35-20(15-39-18-22-9-12-31(45)42-22)8-11-29(44-35)26-6-2-4-24(33(26)37)25-5-3-7-27(34(25)38)30-14-28(36)21(17-41-30)16-40-19-23-10-13-32(46)43-23/h2-8,11,14,17,22-23,39-40H,9-10,12-13,15-16,18-19H2,1H3,(H,42,45)(H,43,46)/t22-,23-/m0/s1. The summed E-state index contributed by atoms with van der Waals surface area (Å²) in [4.78, 5) is 32.4. The van der Waals surface area contributed by atoms with Gasteiger partial charge in [0.05, 0.1) is 28.5 Å². The van der Waals surface area contributed by atoms with E-state index < -0.39 is 0 Å². The smallest absolute Gasteiger partial charge is 0.220 e. The third-order valence-electron chi connectivity index (χ3n) is 8.48. The van der Waals surface area contributed by atoms with Crippen LogP contribution in [0.15, 0.2) is 60.8 Å². The van der Waals surface area contributed by atoms with E-state index in [0.29, 0.717) is 71.4 Å². The number of ether oxygens (including phenoxy) is 1. The minimum atomic E-state index is 0.0940. The summed E-state index contributed by atoms with van der Waals surface area (Å²) in [6.07, 6.45) is 4.55. The van der Waals surface area contributed by atoms with Crippen molar-refractivity contribution in [2.75, 3.05) is 20.2 Å². The van der Waals surface area contributed by atoms with Crippen molar-refractivity contribution in [2.45, 2.75) is 50.9 Å². The van der Waals surface area contributed by atoms with Crippen LogP contribution >= 0.6 is 34.8 Å². The highest BCUT2D eigenvalue weighted by atomic mass is 35.5. The van der Waals surface area contributed by atoms with Crippen molar-refractivity contribution in [3.8, 4) is 39.5 Å². The Kier molecular flexibility index (Phi) is 10.6. The van der Waals surface area contributed by atoms with E-state index in [1.54, 1.807) is 13.3 Å². The van der Waals surface area contributed by atoms with Crippen LogP contribution in [-0.2, 0) is 22.7 Å². The van der Waals surface area contributed by atoms with Crippen LogP contribution in [0.2, 0.25) is 15.1 Å². The number of methoxy groups -OCH3 is 1. The van der Waals surface area contributed by atoms with Gasteiger partial charge in [-0.1, -0.05) is 77.3 Å². The zero-order valence-electron chi connectivity index (χ0n) is 25.8. The second kappa shape index (κ2) is 15.0. The molecule has 2 saturated heterocycles. The van der Waals surface area contributed by atoms with Crippen molar-refractivity contribution in [2.24, 2.45) is 0 Å². The molecule has 2 atom stereocenters. The fourth-order valence-electron chi connectivity index (χ4n) is 5.97. The minimum Gasteiger partial charge on any atom is -0.481 e. The molecule has 9 nitrogen and oxygen atoms in total. The van der Waals surface area contributed by atoms with Crippen molar-refractivity contribution >= 4 is 46.6 Å². The predicted molar refractivity (Wildman–Crippen MR) is 186 cm³/mol. The quantitative estimate of drug-likeness (QED) is 0.140. The normalized spacial score (nSPS) is 17.5. The van der Waals surface area contributed by atoms with E-state index >= 15 is 0 Å². The average Bonchev–Trinajstić information content (AvgIpc) is 3.69. The molecule has 2 aliphatic rings. The van der Waals surface area contributed by atoms with Crippen molar-refractivity contribution in [3.05, 3.63) is 87.0 Å². The maximum absolute atomic E-state index is 11.5. The predicted octanol–water partition coefficient (Wildman–Crippen LogP) is 6.18. The molecule has 12 heteroatoms. The molecule has 2 fully saturated rings. The Bertz CT molecular complexity index is 1800. The van der Waals surface area contributed by atoms with Gasteiger partial charge in [-0.15, -0.1) is 0 Å². The fraction of sp³-hybridized carbons (Fsp3) is 0.314. The fourth-order valence-corrected chi connectivity index (χ4v) is 6.83. The van der Waals surface area contributed by atoms with Gasteiger partial charge in [0.15, 0.2) is 0 Å². The molecule has 2 aromatic heterocycles. The first-order chi connectivity index (χ1) is 22.8. The monoisotopic (exact) mass is 692 g/mol. The minimum absolute atomic E-state index is 0.0940. The topological polar surface area (TPSA) is 117 Å². The van der Waals surface area contributed by atoms with Gasteiger partial charge in [0.2, 0.25) is 17.7 Å². The third-order valence-corrected chi connectivity index (χ3v) is 9.65. The van der Waals surface area contributed by atoms with Gasteiger partial charge in [-0.25, -0.2) is 4.98 Å². The van der Waals surface area contributed by atoms with Gasteiger partial charge in [0.25, 0.3) is 0 Å². The Balaban J connectivity index is 1.19. The average molecular weight is 694 g/mol. The first kappa shape index (κ1) is 33.2. The van der Waals surface area contributed by atoms with Crippen molar-refractivity contribution in [1.29, 1.82) is 0 Å². The van der Waals surface area contributed by atoms with Crippen LogP contribution in [0.25, 0.3) is 33.6 Å². The largest absolute Gasteiger partial charge is 0.481 e. The summed E-state index contributed by atoms with van der Waals surface area (Å²) in [5.41, 5.74) is 6.06. The van der Waals surface area contributed by atoms with E-state index in [2.05, 4.69) is 26.3 Å². The number of hydrogen-bond acceptors (Lipinski definition) is 7. The second-order valence-corrected chi connectivity index (χ2v) is 12.9. The van der Waals surface area contributed by atoms with E-state index in [-0.39, 0.29) is 23.9 Å². The molecule has 4 aromatic rings. The van der Waals surface area contributed by atoms with Crippen LogP contribution in [0, 0.1) is 0 Å². The molecule has 0 bridgehead atoms. The third kappa shape index (κ3) is 7.71. The molecular formula is C35H35Cl3N6O3. The maximum atomic E-state index is 11.5. The molecule has 6 rings (SSSR count). The molecule has 4 N–H and O–H groups in total. The van der Waals surface area contributed by atoms with Gasteiger partial charge in [-0.05, 0) is 25.0 Å². The van der Waals surface area contributed by atoms with Gasteiger partial charge in [-0.2, -0.15) is 0 Å². The SMILES string of the molecule is COc1nc(-c2cccc(-c3cccc(-c4cc(Cl)c(CNC[C@@H]5CCC(=O)N5)cn4)c3Cl)c2Cl)ccc1CNC[C@@H]1CCC(=O)N1. The van der Waals surface area contributed by atoms with E-state index in [1.807, 2.05) is 54.6 Å². The number of hydrogen-bond donors (Lipinski definition) is 4. The van der Waals surface area contributed by atoms with Gasteiger partial charge in [0, 0.05) is 95.7 Å². The molecule has 2 amide bonds. The van der Waals surface area contributed by atoms with Crippen LogP contribution in [0.3, 0.4) is 0 Å². The number of nitrogens with zero attached hydrogens (tertiary/aromatic N) is 2. The Morgan fingerprint density at radius 3 is 1.85 bits per heavy atom. The Labute approximate surface area is 288 Å². The van der Waals surface area contributed by atoms with Gasteiger partial charge < -0.3 is 26.0 Å². The number of carbonyl (C=O) groups excluding carboxylic acids is 2. The summed E-state index contributed by atoms with van der Waals surface area (Å²) >= 11 is 20.7. The molecule has 0 radical (unpaired) electrons. The van der Waals surface area contributed by atoms with Gasteiger partial charge in [0.1, 0.15) is 0 Å². The zero-order valence-corrected chi connectivity index (χ0v) is 28.1. The molecule has 0 saturated carbocycles. The lowest BCUT2D eigenvalue weighted by molar-refractivity contribution is -0.120. The molecule has 47 heavy (non-hydrogen) atoms. The van der Waals surface area contributed by atoms with E-state index in [4.69, 9.17) is 44.5 Å². The number of pyridine rings is 2. The van der Waals surface area contributed by atoms with Gasteiger partial charge >= 0.3 is 0 Å². The first-order valence-corrected chi connectivity index (χ1v) is 16.7. The summed E-state index contributed by atoms with van der Waals surface area (Å²) in [6, 6.07) is 17.5. The molecule has 4 heterocycles. The molecule has 244 valence electrons. The Hall–Kier alpha value is -3.73. The summed E-state index contributed by atoms with van der Waals surface area (Å²) < 4.78 is 5.63. The number of rotatable bonds is 12. The number of amides is 2. The number of aromatic nitrogens is 2. The summed E-state index contributed by atoms with van der Waals surface area (Å²) in [6.45, 7) is 2.43. The highest BCUT2D eigenvalue weighted by molar-refractivity contribution is 6.39. The van der Waals surface area contributed by atoms with E-state index in [9.17, 15) is 9.59 Å². The van der Waals surface area contributed by atoms with Crippen LogP contribution in [0.4, 0.5) is 0 Å². The summed E-state index contributed by atoms with van der Waals surface area (Å²) in [5.74, 6) is 0.690. The second-order valence-electron chi connectivity index (χ2n) is 11.7. The molecule has 2 aliphatic heterocycles. The maximum Gasteiger partial charge on any atom is 0.220 e. The van der Waals surface area contributed by atoms with Crippen LogP contribution in [-0.4, -0.2) is 54.1 Å². The molecular weight excluding hydrogens is 659 g/mol. The number of carbonyl (C=O) groups is 2. The molecule has 2 aromatic carbocycles. The lowest BCUT2D eigenvalue weighted by Gasteiger charge is -2.16. The van der Waals surface area contributed by atoms with Crippen LogP contribution in [0.1, 0.15) is 36.8 Å². The Morgan fingerprint density at radius 2 is 1.32 bits per heavy atom. The molecule has 0 aliphatic carbocycles. The van der Waals surface area contributed by atoms with Gasteiger partial charge in [-0.3, -0.25) is 14.6 Å². The molecule has 0 unspecified atom stereocenters. The lowest BCUT2D eigenvalue weighted by Crippen LogP contribution is -2.35. The van der Waals surface area contributed by atoms with Crippen LogP contribution < -0.4 is 26.0 Å². The highest BCUT2D eigenvalue weighted by Crippen LogP contribution is 2.42. The lowest BCUT2D eigenvalue weighted by atomic mass is 9.98. The summed E-state index contributed by atoms with van der Waals surface area (Å²) in [7, 11) is 1.59. The van der Waals surface area contributed by atoms with Crippen molar-refractivity contribution in [1.82, 2.24) is 31.2 Å². The first-order valence-electron chi connectivity index (χ1n) is 15.6. The van der Waals surface area contributed by atoms with Crippen molar-refractivity contribution in [3.63, 3.8) is 0 Å². The Morgan fingerprint density at radius 1 is 0.766 bits per heavy atom. The number of nitrogens with one attached hydrogen (secondary N) is 4. The van der Waals surface area contributed by atoms with E-state index in [1.165, 1.54) is 0 Å². The van der Waals surface area contributed by atoms with E-state index in [0.717, 1.165) is 46.2 Å². The molecule has 0 spiro atoms. The summed E-state index contributed by atoms with van der Waals surface area (Å²) in [5, 5.41) is 14.2. The van der Waals surface area contributed by atoms with Crippen molar-refractivity contribution < 1.29 is 14.3 Å². The van der Waals surface area contributed by atoms with Crippen LogP contribution in [0.5, 0.6) is 5.88 Å². The zero-order chi connectivity index (χ0) is 32.9. The number of halogens is 3. The highest BCUT2D eigenvalue weighted by Gasteiger charge is 2.22.